The van der Waals surface area contributed by atoms with Crippen molar-refractivity contribution in [1.29, 1.82) is 5.26 Å². The number of halogens is 1. The molecule has 0 aliphatic heterocycles. The van der Waals surface area contributed by atoms with E-state index in [1.165, 1.54) is 0 Å². The number of aryl methyl sites for hydroxylation is 1. The van der Waals surface area contributed by atoms with Gasteiger partial charge >= 0.3 is 0 Å². The predicted octanol–water partition coefficient (Wildman–Crippen LogP) is 3.77. The molecule has 3 nitrogen and oxygen atoms in total. The van der Waals surface area contributed by atoms with Crippen LogP contribution in [0, 0.1) is 18.3 Å². The molecular formula is C13H10BrN3. The second-order valence-electron chi connectivity index (χ2n) is 3.68. The molecule has 4 heteroatoms. The predicted molar refractivity (Wildman–Crippen MR) is 71.1 cm³/mol. The van der Waals surface area contributed by atoms with E-state index in [0.29, 0.717) is 5.69 Å². The van der Waals surface area contributed by atoms with Crippen molar-refractivity contribution in [3.63, 3.8) is 0 Å². The molecule has 0 bridgehead atoms. The maximum atomic E-state index is 8.77. The van der Waals surface area contributed by atoms with Crippen LogP contribution in [0.3, 0.4) is 0 Å². The Labute approximate surface area is 108 Å². The molecule has 17 heavy (non-hydrogen) atoms. The molecule has 0 spiro atoms. The normalized spacial score (nSPS) is 9.71. The zero-order valence-electron chi connectivity index (χ0n) is 9.24. The third-order valence-electron chi connectivity index (χ3n) is 2.21. The number of anilines is 2. The van der Waals surface area contributed by atoms with Gasteiger partial charge in [0.05, 0.1) is 0 Å². The van der Waals surface area contributed by atoms with E-state index in [4.69, 9.17) is 5.26 Å². The number of aromatic nitrogens is 1. The fraction of sp³-hybridized carbons (Fsp3) is 0.0769. The van der Waals surface area contributed by atoms with Crippen LogP contribution in [0.25, 0.3) is 0 Å². The monoisotopic (exact) mass is 287 g/mol. The summed E-state index contributed by atoms with van der Waals surface area (Å²) >= 11 is 3.45. The van der Waals surface area contributed by atoms with E-state index in [9.17, 15) is 0 Å². The summed E-state index contributed by atoms with van der Waals surface area (Å²) < 4.78 is 1.02. The number of hydrogen-bond donors (Lipinski definition) is 1. The number of benzene rings is 1. The first-order valence-electron chi connectivity index (χ1n) is 5.08. The first kappa shape index (κ1) is 11.6. The lowest BCUT2D eigenvalue weighted by atomic mass is 10.2. The summed E-state index contributed by atoms with van der Waals surface area (Å²) in [6.45, 7) is 2.03. The van der Waals surface area contributed by atoms with Crippen molar-refractivity contribution >= 4 is 27.3 Å². The second-order valence-corrected chi connectivity index (χ2v) is 4.60. The minimum atomic E-state index is 0.404. The molecule has 0 radical (unpaired) electrons. The van der Waals surface area contributed by atoms with Crippen LogP contribution in [-0.4, -0.2) is 4.98 Å². The fourth-order valence-electron chi connectivity index (χ4n) is 1.54. The van der Waals surface area contributed by atoms with Crippen LogP contribution in [-0.2, 0) is 0 Å². The Bertz CT molecular complexity index is 567. The Kier molecular flexibility index (Phi) is 3.40. The van der Waals surface area contributed by atoms with E-state index >= 15 is 0 Å². The standard InChI is InChI=1S/C13H10BrN3/c1-9-4-10(14)6-12(5-9)17-11-2-3-16-13(7-11)8-15/h2-7H,1H3,(H,16,17). The molecule has 0 saturated carbocycles. The molecule has 1 aromatic heterocycles. The summed E-state index contributed by atoms with van der Waals surface area (Å²) in [6.07, 6.45) is 1.62. The van der Waals surface area contributed by atoms with E-state index in [1.807, 2.05) is 37.3 Å². The van der Waals surface area contributed by atoms with Crippen LogP contribution in [0.5, 0.6) is 0 Å². The Hall–Kier alpha value is -1.86. The van der Waals surface area contributed by atoms with Crippen molar-refractivity contribution in [2.75, 3.05) is 5.32 Å². The summed E-state index contributed by atoms with van der Waals surface area (Å²) in [5.74, 6) is 0. The van der Waals surface area contributed by atoms with Crippen LogP contribution < -0.4 is 5.32 Å². The lowest BCUT2D eigenvalue weighted by Gasteiger charge is -2.08. The lowest BCUT2D eigenvalue weighted by molar-refractivity contribution is 1.26. The van der Waals surface area contributed by atoms with E-state index < -0.39 is 0 Å². The molecule has 0 atom stereocenters. The van der Waals surface area contributed by atoms with Gasteiger partial charge in [-0.25, -0.2) is 4.98 Å². The highest BCUT2D eigenvalue weighted by molar-refractivity contribution is 9.10. The van der Waals surface area contributed by atoms with Gasteiger partial charge in [0, 0.05) is 22.0 Å². The van der Waals surface area contributed by atoms with Gasteiger partial charge in [-0.2, -0.15) is 5.26 Å². The smallest absolute Gasteiger partial charge is 0.142 e. The van der Waals surface area contributed by atoms with Gasteiger partial charge in [0.15, 0.2) is 0 Å². The van der Waals surface area contributed by atoms with E-state index in [-0.39, 0.29) is 0 Å². The second kappa shape index (κ2) is 4.98. The van der Waals surface area contributed by atoms with Gasteiger partial charge < -0.3 is 5.32 Å². The number of nitrogens with zero attached hydrogens (tertiary/aromatic N) is 2. The molecule has 0 aliphatic carbocycles. The van der Waals surface area contributed by atoms with Gasteiger partial charge in [-0.05, 0) is 42.8 Å². The minimum Gasteiger partial charge on any atom is -0.355 e. The van der Waals surface area contributed by atoms with Crippen molar-refractivity contribution in [1.82, 2.24) is 4.98 Å². The molecule has 0 amide bonds. The molecule has 2 rings (SSSR count). The number of hydrogen-bond acceptors (Lipinski definition) is 3. The maximum absolute atomic E-state index is 8.77. The van der Waals surface area contributed by atoms with Gasteiger partial charge in [0.2, 0.25) is 0 Å². The lowest BCUT2D eigenvalue weighted by Crippen LogP contribution is -1.92. The Morgan fingerprint density at radius 2 is 2.06 bits per heavy atom. The van der Waals surface area contributed by atoms with Crippen LogP contribution in [0.4, 0.5) is 11.4 Å². The van der Waals surface area contributed by atoms with Gasteiger partial charge in [0.1, 0.15) is 11.8 Å². The zero-order chi connectivity index (χ0) is 12.3. The summed E-state index contributed by atoms with van der Waals surface area (Å²) in [7, 11) is 0. The van der Waals surface area contributed by atoms with Crippen molar-refractivity contribution in [2.45, 2.75) is 6.92 Å². The topological polar surface area (TPSA) is 48.7 Å². The molecule has 1 heterocycles. The maximum Gasteiger partial charge on any atom is 0.142 e. The first-order valence-corrected chi connectivity index (χ1v) is 5.87. The quantitative estimate of drug-likeness (QED) is 0.915. The van der Waals surface area contributed by atoms with Gasteiger partial charge in [0.25, 0.3) is 0 Å². The summed E-state index contributed by atoms with van der Waals surface area (Å²) in [4.78, 5) is 3.92. The Balaban J connectivity index is 2.28. The van der Waals surface area contributed by atoms with Crippen LogP contribution >= 0.6 is 15.9 Å². The molecule has 84 valence electrons. The van der Waals surface area contributed by atoms with Crippen LogP contribution in [0.15, 0.2) is 41.0 Å². The average Bonchev–Trinajstić information content (AvgIpc) is 2.28. The molecule has 0 saturated heterocycles. The molecule has 0 fully saturated rings. The first-order chi connectivity index (χ1) is 8.17. The summed E-state index contributed by atoms with van der Waals surface area (Å²) in [6, 6.07) is 11.6. The number of rotatable bonds is 2. The van der Waals surface area contributed by atoms with Crippen molar-refractivity contribution in [3.8, 4) is 6.07 Å². The highest BCUT2D eigenvalue weighted by atomic mass is 79.9. The molecule has 1 aromatic carbocycles. The number of nitriles is 1. The van der Waals surface area contributed by atoms with Crippen molar-refractivity contribution in [2.24, 2.45) is 0 Å². The van der Waals surface area contributed by atoms with E-state index in [0.717, 1.165) is 21.4 Å². The third kappa shape index (κ3) is 3.05. The van der Waals surface area contributed by atoms with Gasteiger partial charge in [-0.15, -0.1) is 0 Å². The molecule has 1 N–H and O–H groups in total. The highest BCUT2D eigenvalue weighted by Crippen LogP contribution is 2.22. The SMILES string of the molecule is Cc1cc(Br)cc(Nc2ccnc(C#N)c2)c1. The molecule has 0 unspecified atom stereocenters. The fourth-order valence-corrected chi connectivity index (χ4v) is 2.15. The molecule has 2 aromatic rings. The van der Waals surface area contributed by atoms with Crippen LogP contribution in [0.2, 0.25) is 0 Å². The largest absolute Gasteiger partial charge is 0.355 e. The average molecular weight is 288 g/mol. The van der Waals surface area contributed by atoms with Crippen molar-refractivity contribution in [3.05, 3.63) is 52.3 Å². The minimum absolute atomic E-state index is 0.404. The van der Waals surface area contributed by atoms with E-state index in [2.05, 4.69) is 26.2 Å². The van der Waals surface area contributed by atoms with Gasteiger partial charge in [-0.3, -0.25) is 0 Å². The van der Waals surface area contributed by atoms with Crippen LogP contribution in [0.1, 0.15) is 11.3 Å². The van der Waals surface area contributed by atoms with Crippen molar-refractivity contribution < 1.29 is 0 Å². The Morgan fingerprint density at radius 1 is 1.24 bits per heavy atom. The number of pyridine rings is 1. The Morgan fingerprint density at radius 3 is 2.76 bits per heavy atom. The molecular weight excluding hydrogens is 278 g/mol. The zero-order valence-corrected chi connectivity index (χ0v) is 10.8. The third-order valence-corrected chi connectivity index (χ3v) is 2.66. The number of nitrogens with one attached hydrogen (secondary N) is 1. The van der Waals surface area contributed by atoms with Gasteiger partial charge in [-0.1, -0.05) is 15.9 Å². The summed E-state index contributed by atoms with van der Waals surface area (Å²) in [5, 5.41) is 12.0. The summed E-state index contributed by atoms with van der Waals surface area (Å²) in [5.41, 5.74) is 3.40. The molecule has 0 aliphatic rings. The highest BCUT2D eigenvalue weighted by Gasteiger charge is 1.99. The van der Waals surface area contributed by atoms with E-state index in [1.54, 1.807) is 12.3 Å².